The summed E-state index contributed by atoms with van der Waals surface area (Å²) in [6, 6.07) is 11.6. The summed E-state index contributed by atoms with van der Waals surface area (Å²) in [6.45, 7) is 5.85. The molecule has 0 amide bonds. The van der Waals surface area contributed by atoms with Crippen molar-refractivity contribution in [3.05, 3.63) is 35.9 Å². The molecule has 1 N–H and O–H groups in total. The second-order valence-corrected chi connectivity index (χ2v) is 5.20. The Morgan fingerprint density at radius 1 is 1.35 bits per heavy atom. The van der Waals surface area contributed by atoms with Gasteiger partial charge < -0.3 is 5.32 Å². The Kier molecular flexibility index (Phi) is 4.57. The largest absolute Gasteiger partial charge is 0.319 e. The predicted octanol–water partition coefficient (Wildman–Crippen LogP) is 2.51. The summed E-state index contributed by atoms with van der Waals surface area (Å²) in [5, 5.41) is 3.30. The van der Waals surface area contributed by atoms with Crippen molar-refractivity contribution in [3.63, 3.8) is 0 Å². The molecule has 2 heteroatoms. The van der Waals surface area contributed by atoms with Crippen LogP contribution >= 0.6 is 0 Å². The van der Waals surface area contributed by atoms with Crippen molar-refractivity contribution in [3.8, 4) is 0 Å². The molecule has 1 saturated heterocycles. The Labute approximate surface area is 105 Å². The molecule has 0 aromatic heterocycles. The molecule has 2 nitrogen and oxygen atoms in total. The van der Waals surface area contributed by atoms with Gasteiger partial charge in [0.2, 0.25) is 0 Å². The topological polar surface area (TPSA) is 15.3 Å². The first kappa shape index (κ1) is 12.6. The molecule has 1 aromatic carbocycles. The van der Waals surface area contributed by atoms with Crippen molar-refractivity contribution in [2.24, 2.45) is 5.92 Å². The predicted molar refractivity (Wildman–Crippen MR) is 73.0 cm³/mol. The van der Waals surface area contributed by atoms with E-state index in [1.54, 1.807) is 0 Å². The van der Waals surface area contributed by atoms with Crippen molar-refractivity contribution < 1.29 is 0 Å². The molecule has 0 radical (unpaired) electrons. The van der Waals surface area contributed by atoms with Crippen molar-refractivity contribution >= 4 is 0 Å². The fourth-order valence-electron chi connectivity index (χ4n) is 2.97. The van der Waals surface area contributed by atoms with Crippen molar-refractivity contribution in [2.45, 2.75) is 32.4 Å². The molecular weight excluding hydrogens is 208 g/mol. The summed E-state index contributed by atoms with van der Waals surface area (Å²) in [4.78, 5) is 2.65. The third-order valence-corrected chi connectivity index (χ3v) is 3.83. The van der Waals surface area contributed by atoms with Gasteiger partial charge in [-0.3, -0.25) is 4.90 Å². The van der Waals surface area contributed by atoms with E-state index in [9.17, 15) is 0 Å². The van der Waals surface area contributed by atoms with E-state index in [-0.39, 0.29) is 0 Å². The average Bonchev–Trinajstić information content (AvgIpc) is 2.79. The minimum atomic E-state index is 0.742. The highest BCUT2D eigenvalue weighted by molar-refractivity contribution is 5.14. The molecule has 2 unspecified atom stereocenters. The van der Waals surface area contributed by atoms with E-state index < -0.39 is 0 Å². The van der Waals surface area contributed by atoms with Gasteiger partial charge in [-0.15, -0.1) is 0 Å². The lowest BCUT2D eigenvalue weighted by molar-refractivity contribution is 0.189. The number of nitrogens with zero attached hydrogens (tertiary/aromatic N) is 1. The van der Waals surface area contributed by atoms with Gasteiger partial charge in [-0.25, -0.2) is 0 Å². The molecule has 1 fully saturated rings. The summed E-state index contributed by atoms with van der Waals surface area (Å²) in [7, 11) is 2.05. The standard InChI is InChI=1S/C15H24N2/c1-13(11-16-2)15-9-6-10-17(15)12-14-7-4-3-5-8-14/h3-5,7-8,13,15-16H,6,9-12H2,1-2H3. The summed E-state index contributed by atoms with van der Waals surface area (Å²) < 4.78 is 0. The lowest BCUT2D eigenvalue weighted by atomic mass is 9.99. The van der Waals surface area contributed by atoms with Gasteiger partial charge in [-0.05, 0) is 44.5 Å². The first-order valence-electron chi connectivity index (χ1n) is 6.74. The number of benzene rings is 1. The Hall–Kier alpha value is -0.860. The molecule has 1 aliphatic heterocycles. The average molecular weight is 232 g/mol. The summed E-state index contributed by atoms with van der Waals surface area (Å²) in [5.41, 5.74) is 1.44. The highest BCUT2D eigenvalue weighted by Gasteiger charge is 2.28. The maximum absolute atomic E-state index is 3.30. The number of hydrogen-bond donors (Lipinski definition) is 1. The Morgan fingerprint density at radius 3 is 2.82 bits per heavy atom. The lowest BCUT2D eigenvalue weighted by Crippen LogP contribution is -2.37. The van der Waals surface area contributed by atoms with E-state index in [1.165, 1.54) is 24.9 Å². The van der Waals surface area contributed by atoms with Crippen molar-refractivity contribution in [1.29, 1.82) is 0 Å². The fraction of sp³-hybridized carbons (Fsp3) is 0.600. The SMILES string of the molecule is CNCC(C)C1CCCN1Cc1ccccc1. The maximum atomic E-state index is 3.30. The summed E-state index contributed by atoms with van der Waals surface area (Å²) in [6.07, 6.45) is 2.71. The van der Waals surface area contributed by atoms with Crippen molar-refractivity contribution in [1.82, 2.24) is 10.2 Å². The summed E-state index contributed by atoms with van der Waals surface area (Å²) in [5.74, 6) is 0.742. The number of hydrogen-bond acceptors (Lipinski definition) is 2. The maximum Gasteiger partial charge on any atom is 0.0236 e. The Morgan fingerprint density at radius 2 is 2.12 bits per heavy atom. The van der Waals surface area contributed by atoms with Crippen LogP contribution in [0.3, 0.4) is 0 Å². The Balaban J connectivity index is 1.95. The zero-order valence-electron chi connectivity index (χ0n) is 11.0. The zero-order valence-corrected chi connectivity index (χ0v) is 11.0. The number of nitrogens with one attached hydrogen (secondary N) is 1. The van der Waals surface area contributed by atoms with Gasteiger partial charge in [0.25, 0.3) is 0 Å². The molecule has 0 spiro atoms. The van der Waals surface area contributed by atoms with Gasteiger partial charge in [-0.2, -0.15) is 0 Å². The molecule has 0 aliphatic carbocycles. The molecular formula is C15H24N2. The van der Waals surface area contributed by atoms with E-state index in [1.807, 2.05) is 7.05 Å². The lowest BCUT2D eigenvalue weighted by Gasteiger charge is -2.29. The van der Waals surface area contributed by atoms with Crippen LogP contribution in [-0.2, 0) is 6.54 Å². The van der Waals surface area contributed by atoms with Gasteiger partial charge in [0.05, 0.1) is 0 Å². The van der Waals surface area contributed by atoms with Crippen LogP contribution in [-0.4, -0.2) is 31.1 Å². The van der Waals surface area contributed by atoms with Gasteiger partial charge >= 0.3 is 0 Å². The monoisotopic (exact) mass is 232 g/mol. The van der Waals surface area contributed by atoms with E-state index in [0.717, 1.165) is 25.0 Å². The van der Waals surface area contributed by atoms with Gasteiger partial charge in [-0.1, -0.05) is 37.3 Å². The fourth-order valence-corrected chi connectivity index (χ4v) is 2.97. The van der Waals surface area contributed by atoms with Crippen LogP contribution < -0.4 is 5.32 Å². The highest BCUT2D eigenvalue weighted by Crippen LogP contribution is 2.25. The molecule has 0 bridgehead atoms. The minimum absolute atomic E-state index is 0.742. The molecule has 94 valence electrons. The first-order valence-corrected chi connectivity index (χ1v) is 6.74. The first-order chi connectivity index (χ1) is 8.31. The van der Waals surface area contributed by atoms with Gasteiger partial charge in [0.1, 0.15) is 0 Å². The molecule has 1 aliphatic rings. The van der Waals surface area contributed by atoms with Crippen LogP contribution in [0.25, 0.3) is 0 Å². The third-order valence-electron chi connectivity index (χ3n) is 3.83. The Bertz CT molecular complexity index is 323. The highest BCUT2D eigenvalue weighted by atomic mass is 15.2. The smallest absolute Gasteiger partial charge is 0.0236 e. The van der Waals surface area contributed by atoms with E-state index in [4.69, 9.17) is 0 Å². The molecule has 1 heterocycles. The molecule has 1 aromatic rings. The second-order valence-electron chi connectivity index (χ2n) is 5.20. The minimum Gasteiger partial charge on any atom is -0.319 e. The third kappa shape index (κ3) is 3.30. The molecule has 17 heavy (non-hydrogen) atoms. The van der Waals surface area contributed by atoms with Crippen LogP contribution in [0.15, 0.2) is 30.3 Å². The molecule has 0 saturated carbocycles. The van der Waals surface area contributed by atoms with Crippen LogP contribution in [0.2, 0.25) is 0 Å². The van der Waals surface area contributed by atoms with Crippen LogP contribution in [0.4, 0.5) is 0 Å². The van der Waals surface area contributed by atoms with Crippen LogP contribution in [0.5, 0.6) is 0 Å². The van der Waals surface area contributed by atoms with Crippen molar-refractivity contribution in [2.75, 3.05) is 20.1 Å². The van der Waals surface area contributed by atoms with Gasteiger partial charge in [0, 0.05) is 12.6 Å². The number of rotatable bonds is 5. The van der Waals surface area contributed by atoms with Gasteiger partial charge in [0.15, 0.2) is 0 Å². The summed E-state index contributed by atoms with van der Waals surface area (Å²) >= 11 is 0. The number of likely N-dealkylation sites (tertiary alicyclic amines) is 1. The van der Waals surface area contributed by atoms with E-state index in [0.29, 0.717) is 0 Å². The normalized spacial score (nSPS) is 22.8. The second kappa shape index (κ2) is 6.18. The quantitative estimate of drug-likeness (QED) is 0.839. The molecule has 2 atom stereocenters. The zero-order chi connectivity index (χ0) is 12.1. The molecule has 2 rings (SSSR count). The van der Waals surface area contributed by atoms with Crippen LogP contribution in [0, 0.1) is 5.92 Å². The van der Waals surface area contributed by atoms with E-state index >= 15 is 0 Å². The van der Waals surface area contributed by atoms with E-state index in [2.05, 4.69) is 47.5 Å². The van der Waals surface area contributed by atoms with Crippen LogP contribution in [0.1, 0.15) is 25.3 Å².